The third-order valence-corrected chi connectivity index (χ3v) is 3.01. The monoisotopic (exact) mass is 300 g/mol. The largest absolute Gasteiger partial charge is 0.398 e. The van der Waals surface area contributed by atoms with Crippen LogP contribution < -0.4 is 11.1 Å². The third kappa shape index (κ3) is 4.36. The number of halogens is 1. The maximum atomic E-state index is 11.8. The maximum absolute atomic E-state index is 11.8. The van der Waals surface area contributed by atoms with Crippen molar-refractivity contribution in [2.75, 3.05) is 26.0 Å². The number of carbonyl (C=O) groups excluding carboxylic acids is 1. The fourth-order valence-corrected chi connectivity index (χ4v) is 1.76. The number of anilines is 1. The predicted molar refractivity (Wildman–Crippen MR) is 71.9 cm³/mol. The number of benzene rings is 1. The van der Waals surface area contributed by atoms with Crippen LogP contribution in [0.1, 0.15) is 17.3 Å². The third-order valence-electron chi connectivity index (χ3n) is 2.32. The number of nitrogens with two attached hydrogens (primary N) is 1. The summed E-state index contributed by atoms with van der Waals surface area (Å²) in [5.41, 5.74) is 6.87. The zero-order valence-electron chi connectivity index (χ0n) is 10.00. The van der Waals surface area contributed by atoms with E-state index >= 15 is 0 Å². The molecule has 0 aromatic heterocycles. The Labute approximate surface area is 110 Å². The zero-order valence-corrected chi connectivity index (χ0v) is 11.6. The molecule has 0 saturated carbocycles. The Balaban J connectivity index is 2.55. The van der Waals surface area contributed by atoms with E-state index in [-0.39, 0.29) is 5.91 Å². The molecule has 0 spiro atoms. The number of rotatable bonds is 5. The number of amides is 1. The molecule has 0 heterocycles. The molecule has 0 aliphatic carbocycles. The minimum atomic E-state index is -0.103. The molecule has 5 heteroatoms. The first-order chi connectivity index (χ1) is 8.04. The van der Waals surface area contributed by atoms with Gasteiger partial charge in [0.1, 0.15) is 0 Å². The Morgan fingerprint density at radius 3 is 2.88 bits per heavy atom. The van der Waals surface area contributed by atoms with Crippen LogP contribution in [0.15, 0.2) is 22.7 Å². The van der Waals surface area contributed by atoms with Crippen molar-refractivity contribution in [3.63, 3.8) is 0 Å². The highest BCUT2D eigenvalue weighted by Crippen LogP contribution is 2.20. The first-order valence-electron chi connectivity index (χ1n) is 5.36. The molecule has 1 amide bonds. The second kappa shape index (κ2) is 6.61. The summed E-state index contributed by atoms with van der Waals surface area (Å²) in [6.07, 6.45) is 0. The van der Waals surface area contributed by atoms with E-state index in [2.05, 4.69) is 21.2 Å². The van der Waals surface area contributed by atoms with E-state index < -0.39 is 0 Å². The molecule has 1 aromatic rings. The average molecular weight is 301 g/mol. The maximum Gasteiger partial charge on any atom is 0.251 e. The summed E-state index contributed by atoms with van der Waals surface area (Å²) in [4.78, 5) is 11.8. The average Bonchev–Trinajstić information content (AvgIpc) is 2.30. The van der Waals surface area contributed by atoms with Crippen molar-refractivity contribution in [2.24, 2.45) is 5.92 Å². The lowest BCUT2D eigenvalue weighted by molar-refractivity contribution is 0.0934. The number of nitrogen functional groups attached to an aromatic ring is 1. The molecule has 1 rings (SSSR count). The smallest absolute Gasteiger partial charge is 0.251 e. The minimum absolute atomic E-state index is 0.103. The fraction of sp³-hybridized carbons (Fsp3) is 0.417. The Kier molecular flexibility index (Phi) is 5.44. The van der Waals surface area contributed by atoms with Crippen molar-refractivity contribution in [1.29, 1.82) is 0 Å². The van der Waals surface area contributed by atoms with Gasteiger partial charge in [-0.1, -0.05) is 6.92 Å². The normalized spacial score (nSPS) is 12.2. The van der Waals surface area contributed by atoms with Gasteiger partial charge in [-0.3, -0.25) is 4.79 Å². The molecule has 17 heavy (non-hydrogen) atoms. The van der Waals surface area contributed by atoms with Crippen LogP contribution in [-0.4, -0.2) is 26.2 Å². The van der Waals surface area contributed by atoms with E-state index in [1.54, 1.807) is 25.3 Å². The molecule has 0 bridgehead atoms. The molecule has 1 unspecified atom stereocenters. The first kappa shape index (κ1) is 14.0. The lowest BCUT2D eigenvalue weighted by atomic mass is 10.1. The van der Waals surface area contributed by atoms with Gasteiger partial charge < -0.3 is 15.8 Å². The molecular formula is C12H17BrN2O2. The van der Waals surface area contributed by atoms with E-state index in [1.165, 1.54) is 0 Å². The Morgan fingerprint density at radius 1 is 1.59 bits per heavy atom. The number of hydrogen-bond donors (Lipinski definition) is 2. The molecule has 94 valence electrons. The molecule has 0 aliphatic rings. The van der Waals surface area contributed by atoms with E-state index in [9.17, 15) is 4.79 Å². The number of carbonyl (C=O) groups is 1. The topological polar surface area (TPSA) is 64.3 Å². The molecular weight excluding hydrogens is 284 g/mol. The molecule has 1 atom stereocenters. The van der Waals surface area contributed by atoms with E-state index in [4.69, 9.17) is 10.5 Å². The summed E-state index contributed by atoms with van der Waals surface area (Å²) in [5, 5.41) is 2.85. The molecule has 0 aliphatic heterocycles. The van der Waals surface area contributed by atoms with E-state index in [1.807, 2.05) is 6.92 Å². The van der Waals surface area contributed by atoms with Gasteiger partial charge in [0, 0.05) is 29.4 Å². The Morgan fingerprint density at radius 2 is 2.29 bits per heavy atom. The van der Waals surface area contributed by atoms with Gasteiger partial charge in [-0.2, -0.15) is 0 Å². The summed E-state index contributed by atoms with van der Waals surface area (Å²) in [7, 11) is 1.65. The number of hydrogen-bond acceptors (Lipinski definition) is 3. The van der Waals surface area contributed by atoms with Crippen molar-refractivity contribution in [1.82, 2.24) is 5.32 Å². The van der Waals surface area contributed by atoms with Crippen LogP contribution in [0.5, 0.6) is 0 Å². The van der Waals surface area contributed by atoms with Gasteiger partial charge in [0.15, 0.2) is 0 Å². The molecule has 1 aromatic carbocycles. The van der Waals surface area contributed by atoms with E-state index in [0.29, 0.717) is 30.3 Å². The molecule has 3 N–H and O–H groups in total. The zero-order chi connectivity index (χ0) is 12.8. The fourth-order valence-electron chi connectivity index (χ4n) is 1.38. The SMILES string of the molecule is COCC(C)CNC(=O)c1ccc(N)c(Br)c1. The van der Waals surface area contributed by atoms with Crippen molar-refractivity contribution < 1.29 is 9.53 Å². The van der Waals surface area contributed by atoms with Crippen LogP contribution >= 0.6 is 15.9 Å². The highest BCUT2D eigenvalue weighted by Gasteiger charge is 2.09. The number of ether oxygens (including phenoxy) is 1. The lowest BCUT2D eigenvalue weighted by Gasteiger charge is -2.11. The standard InChI is InChI=1S/C12H17BrN2O2/c1-8(7-17-2)6-15-12(16)9-3-4-11(14)10(13)5-9/h3-5,8H,6-7,14H2,1-2H3,(H,15,16). The van der Waals surface area contributed by atoms with Crippen molar-refractivity contribution >= 4 is 27.5 Å². The van der Waals surface area contributed by atoms with Gasteiger partial charge in [-0.05, 0) is 40.0 Å². The van der Waals surface area contributed by atoms with Crippen molar-refractivity contribution in [3.8, 4) is 0 Å². The molecule has 0 radical (unpaired) electrons. The second-order valence-corrected chi connectivity index (χ2v) is 4.86. The highest BCUT2D eigenvalue weighted by molar-refractivity contribution is 9.10. The summed E-state index contributed by atoms with van der Waals surface area (Å²) in [6.45, 7) is 3.24. The second-order valence-electron chi connectivity index (χ2n) is 4.01. The lowest BCUT2D eigenvalue weighted by Crippen LogP contribution is -2.29. The van der Waals surface area contributed by atoms with Crippen LogP contribution in [0.2, 0.25) is 0 Å². The van der Waals surface area contributed by atoms with Crippen molar-refractivity contribution in [2.45, 2.75) is 6.92 Å². The molecule has 4 nitrogen and oxygen atoms in total. The highest BCUT2D eigenvalue weighted by atomic mass is 79.9. The minimum Gasteiger partial charge on any atom is -0.398 e. The van der Waals surface area contributed by atoms with Crippen LogP contribution in [0, 0.1) is 5.92 Å². The summed E-state index contributed by atoms with van der Waals surface area (Å²) < 4.78 is 5.73. The van der Waals surface area contributed by atoms with Gasteiger partial charge in [0.25, 0.3) is 5.91 Å². The first-order valence-corrected chi connectivity index (χ1v) is 6.16. The van der Waals surface area contributed by atoms with Crippen LogP contribution in [0.4, 0.5) is 5.69 Å². The summed E-state index contributed by atoms with van der Waals surface area (Å²) >= 11 is 3.29. The van der Waals surface area contributed by atoms with Gasteiger partial charge in [-0.15, -0.1) is 0 Å². The van der Waals surface area contributed by atoms with Gasteiger partial charge in [0.05, 0.1) is 6.61 Å². The van der Waals surface area contributed by atoms with Crippen LogP contribution in [0.25, 0.3) is 0 Å². The van der Waals surface area contributed by atoms with Crippen LogP contribution in [0.3, 0.4) is 0 Å². The van der Waals surface area contributed by atoms with Gasteiger partial charge in [0.2, 0.25) is 0 Å². The Bertz CT molecular complexity index is 396. The van der Waals surface area contributed by atoms with Gasteiger partial charge in [-0.25, -0.2) is 0 Å². The van der Waals surface area contributed by atoms with Crippen LogP contribution in [-0.2, 0) is 4.74 Å². The predicted octanol–water partition coefficient (Wildman–Crippen LogP) is 2.04. The van der Waals surface area contributed by atoms with Gasteiger partial charge >= 0.3 is 0 Å². The summed E-state index contributed by atoms with van der Waals surface area (Å²) in [5.74, 6) is 0.190. The number of methoxy groups -OCH3 is 1. The number of nitrogens with one attached hydrogen (secondary N) is 1. The summed E-state index contributed by atoms with van der Waals surface area (Å²) in [6, 6.07) is 5.12. The van der Waals surface area contributed by atoms with E-state index in [0.717, 1.165) is 4.47 Å². The molecule has 0 fully saturated rings. The molecule has 0 saturated heterocycles. The van der Waals surface area contributed by atoms with Crippen molar-refractivity contribution in [3.05, 3.63) is 28.2 Å². The Hall–Kier alpha value is -1.07. The quantitative estimate of drug-likeness (QED) is 0.818.